The lowest BCUT2D eigenvalue weighted by Crippen LogP contribution is -2.11. The van der Waals surface area contributed by atoms with E-state index in [9.17, 15) is 4.79 Å². The van der Waals surface area contributed by atoms with Crippen molar-refractivity contribution in [2.24, 2.45) is 0 Å². The SMILES string of the molecule is Cc1cc(=O)c(C#N)cn1-c1ccc(Cl)c(Cl)c1. The number of aromatic nitrogens is 1. The first-order valence-corrected chi connectivity index (χ1v) is 5.87. The van der Waals surface area contributed by atoms with Gasteiger partial charge in [0, 0.05) is 23.6 Å². The molecule has 0 fully saturated rings. The van der Waals surface area contributed by atoms with Crippen LogP contribution >= 0.6 is 23.2 Å². The quantitative estimate of drug-likeness (QED) is 0.803. The fourth-order valence-corrected chi connectivity index (χ4v) is 1.92. The Morgan fingerprint density at radius 3 is 2.56 bits per heavy atom. The number of aryl methyl sites for hydroxylation is 1. The summed E-state index contributed by atoms with van der Waals surface area (Å²) in [5.74, 6) is 0. The third-order valence-corrected chi connectivity index (χ3v) is 3.28. The number of rotatable bonds is 1. The first-order chi connectivity index (χ1) is 8.52. The van der Waals surface area contributed by atoms with Gasteiger partial charge in [0.1, 0.15) is 11.6 Å². The summed E-state index contributed by atoms with van der Waals surface area (Å²) in [5.41, 5.74) is 1.27. The fraction of sp³-hybridized carbons (Fsp3) is 0.0769. The van der Waals surface area contributed by atoms with Gasteiger partial charge >= 0.3 is 0 Å². The molecule has 1 aromatic heterocycles. The van der Waals surface area contributed by atoms with Crippen molar-refractivity contribution in [3.05, 3.63) is 62.0 Å². The van der Waals surface area contributed by atoms with E-state index >= 15 is 0 Å². The molecule has 0 amide bonds. The minimum atomic E-state index is -0.286. The van der Waals surface area contributed by atoms with Gasteiger partial charge in [0.15, 0.2) is 5.43 Å². The summed E-state index contributed by atoms with van der Waals surface area (Å²) in [6.45, 7) is 1.78. The lowest BCUT2D eigenvalue weighted by atomic mass is 10.2. The normalized spacial score (nSPS) is 10.1. The molecule has 0 bridgehead atoms. The van der Waals surface area contributed by atoms with Gasteiger partial charge in [-0.2, -0.15) is 5.26 Å². The molecular weight excluding hydrogens is 271 g/mol. The Hall–Kier alpha value is -1.76. The summed E-state index contributed by atoms with van der Waals surface area (Å²) in [7, 11) is 0. The summed E-state index contributed by atoms with van der Waals surface area (Å²) in [5, 5.41) is 9.75. The Morgan fingerprint density at radius 2 is 1.94 bits per heavy atom. The number of pyridine rings is 1. The minimum Gasteiger partial charge on any atom is -0.320 e. The highest BCUT2D eigenvalue weighted by molar-refractivity contribution is 6.42. The maximum absolute atomic E-state index is 11.5. The van der Waals surface area contributed by atoms with Crippen molar-refractivity contribution in [2.45, 2.75) is 6.92 Å². The second-order valence-electron chi connectivity index (χ2n) is 3.77. The molecule has 2 aromatic rings. The molecule has 5 heteroatoms. The van der Waals surface area contributed by atoms with Crippen LogP contribution in [0, 0.1) is 18.3 Å². The molecule has 90 valence electrons. The van der Waals surface area contributed by atoms with Crippen LogP contribution in [0.4, 0.5) is 0 Å². The summed E-state index contributed by atoms with van der Waals surface area (Å²) in [6.07, 6.45) is 1.50. The first kappa shape index (κ1) is 12.7. The van der Waals surface area contributed by atoms with Crippen LogP contribution in [0.15, 0.2) is 35.3 Å². The van der Waals surface area contributed by atoms with Crippen molar-refractivity contribution in [2.75, 3.05) is 0 Å². The van der Waals surface area contributed by atoms with E-state index < -0.39 is 0 Å². The van der Waals surface area contributed by atoms with Crippen LogP contribution < -0.4 is 5.43 Å². The van der Waals surface area contributed by atoms with Crippen molar-refractivity contribution >= 4 is 23.2 Å². The van der Waals surface area contributed by atoms with Crippen molar-refractivity contribution in [3.63, 3.8) is 0 Å². The summed E-state index contributed by atoms with van der Waals surface area (Å²) in [6, 6.07) is 8.41. The van der Waals surface area contributed by atoms with Crippen molar-refractivity contribution < 1.29 is 0 Å². The van der Waals surface area contributed by atoms with Crippen molar-refractivity contribution in [3.8, 4) is 11.8 Å². The van der Waals surface area contributed by atoms with E-state index in [1.807, 2.05) is 6.07 Å². The lowest BCUT2D eigenvalue weighted by molar-refractivity contribution is 0.968. The number of hydrogen-bond acceptors (Lipinski definition) is 2. The van der Waals surface area contributed by atoms with Crippen molar-refractivity contribution in [1.82, 2.24) is 4.57 Å². The summed E-state index contributed by atoms with van der Waals surface area (Å²) < 4.78 is 1.72. The van der Waals surface area contributed by atoms with Gasteiger partial charge in [-0.05, 0) is 25.1 Å². The van der Waals surface area contributed by atoms with Crippen LogP contribution in [0.5, 0.6) is 0 Å². The molecule has 0 unspecified atom stereocenters. The topological polar surface area (TPSA) is 45.8 Å². The fourth-order valence-electron chi connectivity index (χ4n) is 1.63. The molecule has 2 rings (SSSR count). The zero-order valence-corrected chi connectivity index (χ0v) is 11.0. The van der Waals surface area contributed by atoms with Crippen LogP contribution in [-0.2, 0) is 0 Å². The standard InChI is InChI=1S/C13H8Cl2N2O/c1-8-4-13(18)9(6-16)7-17(8)10-2-3-11(14)12(15)5-10/h2-5,7H,1H3. The monoisotopic (exact) mass is 278 g/mol. The smallest absolute Gasteiger partial charge is 0.199 e. The van der Waals surface area contributed by atoms with E-state index in [0.29, 0.717) is 10.0 Å². The Kier molecular flexibility index (Phi) is 3.42. The highest BCUT2D eigenvalue weighted by Gasteiger charge is 2.06. The van der Waals surface area contributed by atoms with Gasteiger partial charge in [0.2, 0.25) is 0 Å². The van der Waals surface area contributed by atoms with Gasteiger partial charge in [-0.3, -0.25) is 4.79 Å². The Bertz CT molecular complexity index is 714. The van der Waals surface area contributed by atoms with Gasteiger partial charge in [-0.25, -0.2) is 0 Å². The number of nitrogens with zero attached hydrogens (tertiary/aromatic N) is 2. The Balaban J connectivity index is 2.67. The molecule has 18 heavy (non-hydrogen) atoms. The maximum atomic E-state index is 11.5. The van der Waals surface area contributed by atoms with E-state index in [4.69, 9.17) is 28.5 Å². The number of halogens is 2. The van der Waals surface area contributed by atoms with Gasteiger partial charge < -0.3 is 4.57 Å². The predicted molar refractivity (Wildman–Crippen MR) is 71.5 cm³/mol. The molecule has 0 radical (unpaired) electrons. The third-order valence-electron chi connectivity index (χ3n) is 2.55. The van der Waals surface area contributed by atoms with Gasteiger partial charge in [0.25, 0.3) is 0 Å². The van der Waals surface area contributed by atoms with Gasteiger partial charge in [0.05, 0.1) is 10.0 Å². The molecule has 0 aliphatic heterocycles. The minimum absolute atomic E-state index is 0.0895. The zero-order chi connectivity index (χ0) is 13.3. The number of benzene rings is 1. The summed E-state index contributed by atoms with van der Waals surface area (Å²) >= 11 is 11.8. The molecule has 0 saturated heterocycles. The zero-order valence-electron chi connectivity index (χ0n) is 9.45. The van der Waals surface area contributed by atoms with E-state index in [0.717, 1.165) is 11.4 Å². The van der Waals surface area contributed by atoms with E-state index in [-0.39, 0.29) is 11.0 Å². The molecule has 0 N–H and O–H groups in total. The van der Waals surface area contributed by atoms with E-state index in [1.54, 1.807) is 29.7 Å². The molecule has 1 aromatic carbocycles. The van der Waals surface area contributed by atoms with Gasteiger partial charge in [-0.1, -0.05) is 23.2 Å². The van der Waals surface area contributed by atoms with E-state index in [2.05, 4.69) is 0 Å². The number of nitriles is 1. The Morgan fingerprint density at radius 1 is 1.22 bits per heavy atom. The molecule has 0 saturated carbocycles. The molecule has 0 aliphatic rings. The molecule has 0 aliphatic carbocycles. The largest absolute Gasteiger partial charge is 0.320 e. The second-order valence-corrected chi connectivity index (χ2v) is 4.59. The highest BCUT2D eigenvalue weighted by atomic mass is 35.5. The maximum Gasteiger partial charge on any atom is 0.199 e. The molecular formula is C13H8Cl2N2O. The number of hydrogen-bond donors (Lipinski definition) is 0. The molecule has 0 atom stereocenters. The average Bonchev–Trinajstić information content (AvgIpc) is 2.33. The van der Waals surface area contributed by atoms with Gasteiger partial charge in [-0.15, -0.1) is 0 Å². The van der Waals surface area contributed by atoms with Crippen LogP contribution in [0.1, 0.15) is 11.3 Å². The van der Waals surface area contributed by atoms with Crippen LogP contribution in [0.2, 0.25) is 10.0 Å². The Labute approximate surface area is 114 Å². The average molecular weight is 279 g/mol. The second kappa shape index (κ2) is 4.85. The van der Waals surface area contributed by atoms with E-state index in [1.165, 1.54) is 12.3 Å². The first-order valence-electron chi connectivity index (χ1n) is 5.12. The highest BCUT2D eigenvalue weighted by Crippen LogP contribution is 2.24. The third kappa shape index (κ3) is 2.26. The molecule has 1 heterocycles. The predicted octanol–water partition coefficient (Wildman–Crippen LogP) is 3.32. The molecule has 3 nitrogen and oxygen atoms in total. The summed E-state index contributed by atoms with van der Waals surface area (Å²) in [4.78, 5) is 11.5. The van der Waals surface area contributed by atoms with Crippen LogP contribution in [-0.4, -0.2) is 4.57 Å². The van der Waals surface area contributed by atoms with Crippen LogP contribution in [0.25, 0.3) is 5.69 Å². The van der Waals surface area contributed by atoms with Crippen molar-refractivity contribution in [1.29, 1.82) is 5.26 Å². The lowest BCUT2D eigenvalue weighted by Gasteiger charge is -2.11. The van der Waals surface area contributed by atoms with Crippen LogP contribution in [0.3, 0.4) is 0 Å². The molecule has 0 spiro atoms.